The summed E-state index contributed by atoms with van der Waals surface area (Å²) >= 11 is 0. The third kappa shape index (κ3) is 9.45. The Labute approximate surface area is 99.0 Å². The van der Waals surface area contributed by atoms with Crippen molar-refractivity contribution in [2.45, 2.75) is 25.6 Å². The van der Waals surface area contributed by atoms with Gasteiger partial charge < -0.3 is 30.9 Å². The molecule has 3 heteroatoms. The first kappa shape index (κ1) is 17.5. The van der Waals surface area contributed by atoms with Crippen LogP contribution in [0, 0.1) is 6.92 Å². The average Bonchev–Trinajstić information content (AvgIpc) is 1.67. The molecule has 0 bridgehead atoms. The number of hydrogen-bond donors (Lipinski definition) is 0. The van der Waals surface area contributed by atoms with Crippen LogP contribution in [0.2, 0.25) is 19.1 Å². The van der Waals surface area contributed by atoms with Gasteiger partial charge in [0.25, 0.3) is 0 Å². The molecule has 0 N–H and O–H groups in total. The summed E-state index contributed by atoms with van der Waals surface area (Å²) in [4.78, 5) is 0. The monoisotopic (exact) mass is 278 g/mol. The Morgan fingerprint density at radius 2 is 1.90 bits per heavy atom. The quantitative estimate of drug-likeness (QED) is 0.363. The fourth-order valence-electron chi connectivity index (χ4n) is 0.558. The first-order valence-electron chi connectivity index (χ1n) is 3.05. The molecular formula is C7H15IMgSi. The second kappa shape index (κ2) is 8.55. The van der Waals surface area contributed by atoms with E-state index in [1.54, 1.807) is 0 Å². The summed E-state index contributed by atoms with van der Waals surface area (Å²) in [5, 5.41) is 0. The van der Waals surface area contributed by atoms with Crippen LogP contribution in [-0.2, 0) is 0 Å². The van der Waals surface area contributed by atoms with Gasteiger partial charge in [-0.15, -0.1) is 12.3 Å². The van der Waals surface area contributed by atoms with Crippen molar-refractivity contribution in [1.29, 1.82) is 0 Å². The molecule has 0 amide bonds. The van der Waals surface area contributed by atoms with E-state index in [9.17, 15) is 0 Å². The van der Waals surface area contributed by atoms with Crippen molar-refractivity contribution >= 4 is 31.1 Å². The van der Waals surface area contributed by atoms with Crippen LogP contribution in [-0.4, -0.2) is 31.1 Å². The average molecular weight is 278 g/mol. The van der Waals surface area contributed by atoms with E-state index in [-0.39, 0.29) is 47.0 Å². The van der Waals surface area contributed by atoms with E-state index in [1.807, 2.05) is 0 Å². The molecule has 0 aliphatic rings. The van der Waals surface area contributed by atoms with E-state index in [0.29, 0.717) is 0 Å². The van der Waals surface area contributed by atoms with Crippen LogP contribution >= 0.6 is 0 Å². The molecule has 0 radical (unpaired) electrons. The molecular weight excluding hydrogens is 263 g/mol. The number of hydrogen-bond acceptors (Lipinski definition) is 0. The van der Waals surface area contributed by atoms with Gasteiger partial charge in [0.1, 0.15) is 0 Å². The van der Waals surface area contributed by atoms with Crippen LogP contribution < -0.4 is 24.0 Å². The summed E-state index contributed by atoms with van der Waals surface area (Å²) in [6.07, 6.45) is 1.06. The molecule has 0 aromatic heterocycles. The van der Waals surface area contributed by atoms with Crippen LogP contribution in [0.3, 0.4) is 0 Å². The second-order valence-electron chi connectivity index (χ2n) is 2.80. The van der Waals surface area contributed by atoms with Crippen LogP contribution in [0.15, 0.2) is 12.3 Å². The van der Waals surface area contributed by atoms with E-state index >= 15 is 0 Å². The van der Waals surface area contributed by atoms with E-state index in [4.69, 9.17) is 0 Å². The molecule has 0 nitrogen and oxygen atoms in total. The van der Waals surface area contributed by atoms with Gasteiger partial charge >= 0.3 is 23.1 Å². The molecule has 0 aromatic carbocycles. The predicted octanol–water partition coefficient (Wildman–Crippen LogP) is -0.733. The zero-order valence-corrected chi connectivity index (χ0v) is 11.6. The maximum absolute atomic E-state index is 3.81. The Morgan fingerprint density at radius 3 is 2.00 bits per heavy atom. The SMILES string of the molecule is C=C[Si](C)(C)CC[CH2-].[I-].[Mg+2]. The molecule has 10 heavy (non-hydrogen) atoms. The van der Waals surface area contributed by atoms with Gasteiger partial charge in [-0.1, -0.05) is 19.1 Å². The van der Waals surface area contributed by atoms with Gasteiger partial charge in [-0.2, -0.15) is 6.42 Å². The van der Waals surface area contributed by atoms with E-state index in [2.05, 4.69) is 32.3 Å². The minimum atomic E-state index is -0.976. The zero-order chi connectivity index (χ0) is 6.62. The van der Waals surface area contributed by atoms with Gasteiger partial charge in [0.2, 0.25) is 0 Å². The molecule has 0 spiro atoms. The summed E-state index contributed by atoms with van der Waals surface area (Å²) in [6.45, 7) is 12.2. The molecule has 0 fully saturated rings. The Hall–Kier alpha value is 1.45. The molecule has 0 rings (SSSR count). The van der Waals surface area contributed by atoms with Crippen LogP contribution in [0.25, 0.3) is 0 Å². The second-order valence-corrected chi connectivity index (χ2v) is 7.68. The van der Waals surface area contributed by atoms with Crippen LogP contribution in [0.4, 0.5) is 0 Å². The molecule has 0 aliphatic carbocycles. The topological polar surface area (TPSA) is 0 Å². The molecule has 0 aliphatic heterocycles. The summed E-state index contributed by atoms with van der Waals surface area (Å²) in [5.41, 5.74) is 2.12. The fourth-order valence-corrected chi connectivity index (χ4v) is 1.67. The van der Waals surface area contributed by atoms with Crippen LogP contribution in [0.5, 0.6) is 0 Å². The van der Waals surface area contributed by atoms with Gasteiger partial charge in [0, 0.05) is 0 Å². The first-order chi connectivity index (χ1) is 3.62. The normalized spacial score (nSPS) is 9.10. The van der Waals surface area contributed by atoms with Gasteiger partial charge in [0.15, 0.2) is 0 Å². The Morgan fingerprint density at radius 1 is 1.50 bits per heavy atom. The minimum Gasteiger partial charge on any atom is -1.00 e. The van der Waals surface area contributed by atoms with Crippen molar-refractivity contribution in [3.8, 4) is 0 Å². The standard InChI is InChI=1S/C7H15Si.HI.Mg/c1-5-7-8(3,4)6-2;;/h6H,1-2,5,7H2,3-4H3;1H;/q-1;;+2/p-1. The summed E-state index contributed by atoms with van der Waals surface area (Å²) in [6, 6.07) is 1.27. The van der Waals surface area contributed by atoms with E-state index in [1.165, 1.54) is 6.04 Å². The molecule has 0 saturated heterocycles. The Kier molecular flexibility index (Phi) is 15.0. The van der Waals surface area contributed by atoms with Gasteiger partial charge in [0.05, 0.1) is 8.07 Å². The fraction of sp³-hybridized carbons (Fsp3) is 0.571. The van der Waals surface area contributed by atoms with Crippen molar-refractivity contribution in [1.82, 2.24) is 0 Å². The van der Waals surface area contributed by atoms with E-state index in [0.717, 1.165) is 6.42 Å². The van der Waals surface area contributed by atoms with Gasteiger partial charge in [-0.25, -0.2) is 0 Å². The summed E-state index contributed by atoms with van der Waals surface area (Å²) < 4.78 is 0. The zero-order valence-electron chi connectivity index (χ0n) is 6.99. The maximum Gasteiger partial charge on any atom is 2.00 e. The van der Waals surface area contributed by atoms with Crippen molar-refractivity contribution < 1.29 is 24.0 Å². The Bertz CT molecular complexity index is 83.7. The van der Waals surface area contributed by atoms with Gasteiger partial charge in [-0.05, 0) is 0 Å². The third-order valence-corrected chi connectivity index (χ3v) is 4.12. The predicted molar refractivity (Wildman–Crippen MR) is 48.2 cm³/mol. The smallest absolute Gasteiger partial charge is 1.00 e. The summed E-state index contributed by atoms with van der Waals surface area (Å²) in [5.74, 6) is 0. The van der Waals surface area contributed by atoms with Crippen molar-refractivity contribution in [2.24, 2.45) is 0 Å². The molecule has 56 valence electrons. The molecule has 0 unspecified atom stereocenters. The van der Waals surface area contributed by atoms with Crippen LogP contribution in [0.1, 0.15) is 6.42 Å². The molecule has 0 aromatic rings. The molecule has 0 atom stereocenters. The number of halogens is 1. The van der Waals surface area contributed by atoms with Crippen molar-refractivity contribution in [2.75, 3.05) is 0 Å². The van der Waals surface area contributed by atoms with Crippen molar-refractivity contribution in [3.05, 3.63) is 19.2 Å². The largest absolute Gasteiger partial charge is 2.00 e. The number of rotatable bonds is 3. The van der Waals surface area contributed by atoms with Gasteiger partial charge in [-0.3, -0.25) is 0 Å². The summed E-state index contributed by atoms with van der Waals surface area (Å²) in [7, 11) is -0.976. The van der Waals surface area contributed by atoms with E-state index < -0.39 is 8.07 Å². The Balaban J connectivity index is -0.000000245. The maximum atomic E-state index is 3.81. The minimum absolute atomic E-state index is 0. The molecule has 0 heterocycles. The third-order valence-electron chi connectivity index (χ3n) is 1.37. The molecule has 0 saturated carbocycles. The van der Waals surface area contributed by atoms with Crippen molar-refractivity contribution in [3.63, 3.8) is 0 Å². The first-order valence-corrected chi connectivity index (χ1v) is 6.33.